The van der Waals surface area contributed by atoms with Crippen molar-refractivity contribution in [3.8, 4) is 0 Å². The average molecular weight is 174 g/mol. The van der Waals surface area contributed by atoms with Gasteiger partial charge in [-0.15, -0.1) is 0 Å². The summed E-state index contributed by atoms with van der Waals surface area (Å²) in [6, 6.07) is 0. The van der Waals surface area contributed by atoms with Crippen molar-refractivity contribution < 1.29 is 4.74 Å². The summed E-state index contributed by atoms with van der Waals surface area (Å²) in [7, 11) is 0. The lowest BCUT2D eigenvalue weighted by atomic mass is 10.4. The molecule has 0 heterocycles. The van der Waals surface area contributed by atoms with E-state index in [2.05, 4.69) is 18.7 Å². The number of nitrogens with zero attached hydrogens (tertiary/aromatic N) is 1. The molecule has 0 aliphatic rings. The Morgan fingerprint density at radius 2 is 1.83 bits per heavy atom. The minimum atomic E-state index is 0.727. The van der Waals surface area contributed by atoms with Gasteiger partial charge in [0, 0.05) is 13.2 Å². The zero-order valence-corrected chi connectivity index (χ0v) is 8.38. The van der Waals surface area contributed by atoms with Crippen LogP contribution in [0.25, 0.3) is 0 Å². The normalized spacial score (nSPS) is 11.0. The molecule has 0 bridgehead atoms. The van der Waals surface area contributed by atoms with Gasteiger partial charge in [0.05, 0.1) is 6.61 Å². The molecule has 0 amide bonds. The van der Waals surface area contributed by atoms with Crippen LogP contribution in [0.1, 0.15) is 20.3 Å². The first-order chi connectivity index (χ1) is 5.85. The summed E-state index contributed by atoms with van der Waals surface area (Å²) in [4.78, 5) is 2.35. The van der Waals surface area contributed by atoms with E-state index in [9.17, 15) is 0 Å². The second kappa shape index (κ2) is 8.97. The van der Waals surface area contributed by atoms with Gasteiger partial charge in [0.1, 0.15) is 0 Å². The van der Waals surface area contributed by atoms with E-state index in [-0.39, 0.29) is 0 Å². The number of rotatable bonds is 8. The van der Waals surface area contributed by atoms with Crippen molar-refractivity contribution in [3.63, 3.8) is 0 Å². The van der Waals surface area contributed by atoms with Crippen LogP contribution in [0.4, 0.5) is 0 Å². The average Bonchev–Trinajstić information content (AvgIpc) is 2.11. The highest BCUT2D eigenvalue weighted by Crippen LogP contribution is 1.87. The van der Waals surface area contributed by atoms with E-state index in [0.717, 1.165) is 45.8 Å². The molecular weight excluding hydrogens is 152 g/mol. The molecule has 3 heteroatoms. The molecule has 0 fully saturated rings. The highest BCUT2D eigenvalue weighted by atomic mass is 16.5. The van der Waals surface area contributed by atoms with Gasteiger partial charge in [0.2, 0.25) is 0 Å². The molecule has 0 radical (unpaired) electrons. The van der Waals surface area contributed by atoms with E-state index in [0.29, 0.717) is 0 Å². The molecule has 74 valence electrons. The first kappa shape index (κ1) is 11.9. The maximum absolute atomic E-state index is 5.39. The second-order valence-corrected chi connectivity index (χ2v) is 2.78. The van der Waals surface area contributed by atoms with Gasteiger partial charge in [-0.25, -0.2) is 0 Å². The van der Waals surface area contributed by atoms with Crippen LogP contribution in [0.15, 0.2) is 0 Å². The van der Waals surface area contributed by atoms with Gasteiger partial charge in [0.25, 0.3) is 0 Å². The Kier molecular flexibility index (Phi) is 8.88. The van der Waals surface area contributed by atoms with Crippen LogP contribution in [0.5, 0.6) is 0 Å². The Bertz CT molecular complexity index is 84.6. The topological polar surface area (TPSA) is 38.5 Å². The van der Waals surface area contributed by atoms with Gasteiger partial charge in [0.15, 0.2) is 0 Å². The Morgan fingerprint density at radius 1 is 1.17 bits per heavy atom. The van der Waals surface area contributed by atoms with Crippen LogP contribution < -0.4 is 5.73 Å². The number of hydrogen-bond acceptors (Lipinski definition) is 3. The molecule has 0 saturated carbocycles. The smallest absolute Gasteiger partial charge is 0.0593 e. The summed E-state index contributed by atoms with van der Waals surface area (Å²) >= 11 is 0. The summed E-state index contributed by atoms with van der Waals surface area (Å²) < 4.78 is 5.39. The fourth-order valence-corrected chi connectivity index (χ4v) is 1.02. The van der Waals surface area contributed by atoms with Crippen molar-refractivity contribution in [2.24, 2.45) is 5.73 Å². The molecule has 12 heavy (non-hydrogen) atoms. The van der Waals surface area contributed by atoms with Crippen molar-refractivity contribution in [3.05, 3.63) is 0 Å². The lowest BCUT2D eigenvalue weighted by Gasteiger charge is -2.17. The molecular formula is C9H22N2O. The second-order valence-electron chi connectivity index (χ2n) is 2.78. The number of nitrogens with two attached hydrogens (primary N) is 1. The largest absolute Gasteiger partial charge is 0.380 e. The SMILES string of the molecule is CCN(CC)CCOCCCN. The lowest BCUT2D eigenvalue weighted by Crippen LogP contribution is -2.27. The molecule has 2 N–H and O–H groups in total. The van der Waals surface area contributed by atoms with Crippen LogP contribution in [-0.4, -0.2) is 44.3 Å². The predicted octanol–water partition coefficient (Wildman–Crippen LogP) is 0.694. The van der Waals surface area contributed by atoms with Crippen molar-refractivity contribution in [1.82, 2.24) is 4.90 Å². The van der Waals surface area contributed by atoms with E-state index in [1.807, 2.05) is 0 Å². The van der Waals surface area contributed by atoms with E-state index in [4.69, 9.17) is 10.5 Å². The monoisotopic (exact) mass is 174 g/mol. The third-order valence-electron chi connectivity index (χ3n) is 1.94. The summed E-state index contributed by atoms with van der Waals surface area (Å²) in [6.07, 6.45) is 0.970. The molecule has 0 aliphatic heterocycles. The number of ether oxygens (including phenoxy) is 1. The van der Waals surface area contributed by atoms with Crippen molar-refractivity contribution >= 4 is 0 Å². The minimum Gasteiger partial charge on any atom is -0.380 e. The van der Waals surface area contributed by atoms with E-state index in [1.165, 1.54) is 0 Å². The quantitative estimate of drug-likeness (QED) is 0.550. The Morgan fingerprint density at radius 3 is 2.33 bits per heavy atom. The first-order valence-electron chi connectivity index (χ1n) is 4.85. The van der Waals surface area contributed by atoms with Crippen LogP contribution in [0.2, 0.25) is 0 Å². The van der Waals surface area contributed by atoms with Crippen molar-refractivity contribution in [2.45, 2.75) is 20.3 Å². The van der Waals surface area contributed by atoms with E-state index in [1.54, 1.807) is 0 Å². The Labute approximate surface area is 75.9 Å². The van der Waals surface area contributed by atoms with Crippen LogP contribution in [-0.2, 0) is 4.74 Å². The van der Waals surface area contributed by atoms with Crippen LogP contribution in [0, 0.1) is 0 Å². The highest BCUT2D eigenvalue weighted by Gasteiger charge is 1.96. The molecule has 0 rings (SSSR count). The zero-order chi connectivity index (χ0) is 9.23. The molecule has 0 aromatic heterocycles. The molecule has 0 aliphatic carbocycles. The summed E-state index contributed by atoms with van der Waals surface area (Å²) in [5.41, 5.74) is 5.33. The van der Waals surface area contributed by atoms with E-state index < -0.39 is 0 Å². The maximum Gasteiger partial charge on any atom is 0.0593 e. The highest BCUT2D eigenvalue weighted by molar-refractivity contribution is 4.50. The molecule has 3 nitrogen and oxygen atoms in total. The summed E-state index contributed by atoms with van der Waals surface area (Å²) in [5, 5.41) is 0. The van der Waals surface area contributed by atoms with Gasteiger partial charge in [-0.05, 0) is 26.1 Å². The molecule has 0 spiro atoms. The van der Waals surface area contributed by atoms with Gasteiger partial charge in [-0.2, -0.15) is 0 Å². The lowest BCUT2D eigenvalue weighted by molar-refractivity contribution is 0.106. The summed E-state index contributed by atoms with van der Waals surface area (Å²) in [6.45, 7) is 9.96. The molecule has 0 aromatic rings. The Balaban J connectivity index is 3.06. The third-order valence-corrected chi connectivity index (χ3v) is 1.94. The van der Waals surface area contributed by atoms with E-state index >= 15 is 0 Å². The van der Waals surface area contributed by atoms with Crippen molar-refractivity contribution in [2.75, 3.05) is 39.4 Å². The minimum absolute atomic E-state index is 0.727. The van der Waals surface area contributed by atoms with Gasteiger partial charge < -0.3 is 15.4 Å². The molecule has 0 saturated heterocycles. The fourth-order valence-electron chi connectivity index (χ4n) is 1.02. The van der Waals surface area contributed by atoms with Gasteiger partial charge in [-0.3, -0.25) is 0 Å². The third kappa shape index (κ3) is 6.58. The predicted molar refractivity (Wildman–Crippen MR) is 52.3 cm³/mol. The van der Waals surface area contributed by atoms with Gasteiger partial charge in [-0.1, -0.05) is 13.8 Å². The standard InChI is InChI=1S/C9H22N2O/c1-3-11(4-2)7-9-12-8-5-6-10/h3-10H2,1-2H3. The first-order valence-corrected chi connectivity index (χ1v) is 4.85. The van der Waals surface area contributed by atoms with Gasteiger partial charge >= 0.3 is 0 Å². The molecule has 0 unspecified atom stereocenters. The maximum atomic E-state index is 5.39. The van der Waals surface area contributed by atoms with Crippen LogP contribution in [0.3, 0.4) is 0 Å². The Hall–Kier alpha value is -0.120. The fraction of sp³-hybridized carbons (Fsp3) is 1.00. The zero-order valence-electron chi connectivity index (χ0n) is 8.38. The number of hydrogen-bond donors (Lipinski definition) is 1. The van der Waals surface area contributed by atoms with Crippen molar-refractivity contribution in [1.29, 1.82) is 0 Å². The molecule has 0 atom stereocenters. The summed E-state index contributed by atoms with van der Waals surface area (Å²) in [5.74, 6) is 0. The van der Waals surface area contributed by atoms with Crippen LogP contribution >= 0.6 is 0 Å². The number of likely N-dealkylation sites (N-methyl/N-ethyl adjacent to an activating group) is 1. The molecule has 0 aromatic carbocycles.